The van der Waals surface area contributed by atoms with Gasteiger partial charge in [-0.15, -0.1) is 0 Å². The minimum atomic E-state index is -3.22. The highest BCUT2D eigenvalue weighted by Gasteiger charge is 2.40. The molecule has 0 saturated heterocycles. The Morgan fingerprint density at radius 2 is 1.75 bits per heavy atom. The van der Waals surface area contributed by atoms with Crippen LogP contribution in [0.25, 0.3) is 0 Å². The first-order valence-electron chi connectivity index (χ1n) is 5.35. The number of aryl methyl sites for hydroxylation is 2. The summed E-state index contributed by atoms with van der Waals surface area (Å²) in [6.07, 6.45) is 0. The van der Waals surface area contributed by atoms with E-state index in [4.69, 9.17) is 0 Å². The van der Waals surface area contributed by atoms with Crippen molar-refractivity contribution in [2.75, 3.05) is 11.9 Å². The molecule has 4 heteroatoms. The third-order valence-electron chi connectivity index (χ3n) is 3.32. The van der Waals surface area contributed by atoms with Crippen molar-refractivity contribution in [2.45, 2.75) is 37.3 Å². The van der Waals surface area contributed by atoms with E-state index in [1.807, 2.05) is 19.9 Å². The number of benzene rings is 1. The summed E-state index contributed by atoms with van der Waals surface area (Å²) in [5, 5.41) is 3.20. The molecule has 1 N–H and O–H groups in total. The first-order valence-corrected chi connectivity index (χ1v) is 6.84. The average Bonchev–Trinajstić information content (AvgIpc) is 2.17. The van der Waals surface area contributed by atoms with Crippen molar-refractivity contribution in [3.05, 3.63) is 23.3 Å². The van der Waals surface area contributed by atoms with Crippen LogP contribution in [0.5, 0.6) is 0 Å². The monoisotopic (exact) mass is 239 g/mol. The second-order valence-corrected chi connectivity index (χ2v) is 7.60. The van der Waals surface area contributed by atoms with Crippen molar-refractivity contribution in [1.82, 2.24) is 0 Å². The lowest BCUT2D eigenvalue weighted by Crippen LogP contribution is -2.43. The molecule has 0 amide bonds. The SMILES string of the molecule is Cc1cc2c(cc1C)S(=O)(=O)C(C)(C)CN2. The van der Waals surface area contributed by atoms with Crippen LogP contribution in [0.2, 0.25) is 0 Å². The van der Waals surface area contributed by atoms with E-state index in [9.17, 15) is 8.42 Å². The lowest BCUT2D eigenvalue weighted by Gasteiger charge is -2.32. The van der Waals surface area contributed by atoms with E-state index in [-0.39, 0.29) is 0 Å². The molecule has 0 unspecified atom stereocenters. The van der Waals surface area contributed by atoms with Crippen molar-refractivity contribution >= 4 is 15.5 Å². The molecule has 1 aliphatic rings. The zero-order valence-corrected chi connectivity index (χ0v) is 10.9. The summed E-state index contributed by atoms with van der Waals surface area (Å²) >= 11 is 0. The Balaban J connectivity index is 2.74. The second-order valence-electron chi connectivity index (χ2n) is 5.05. The van der Waals surface area contributed by atoms with E-state index in [1.54, 1.807) is 19.9 Å². The Hall–Kier alpha value is -1.03. The summed E-state index contributed by atoms with van der Waals surface area (Å²) in [5.74, 6) is 0. The van der Waals surface area contributed by atoms with E-state index < -0.39 is 14.6 Å². The maximum absolute atomic E-state index is 12.3. The molecule has 0 saturated carbocycles. The second kappa shape index (κ2) is 3.23. The fourth-order valence-electron chi connectivity index (χ4n) is 1.85. The fourth-order valence-corrected chi connectivity index (χ4v) is 3.46. The molecule has 16 heavy (non-hydrogen) atoms. The number of hydrogen-bond acceptors (Lipinski definition) is 3. The smallest absolute Gasteiger partial charge is 0.187 e. The number of sulfone groups is 1. The minimum Gasteiger partial charge on any atom is -0.382 e. The number of nitrogens with one attached hydrogen (secondary N) is 1. The van der Waals surface area contributed by atoms with Crippen molar-refractivity contribution in [3.8, 4) is 0 Å². The zero-order valence-electron chi connectivity index (χ0n) is 10.1. The number of anilines is 1. The molecule has 88 valence electrons. The molecule has 1 aromatic rings. The standard InChI is InChI=1S/C12H17NO2S/c1-8-5-10-11(6-9(8)2)16(14,15)12(3,4)7-13-10/h5-6,13H,7H2,1-4H3. The van der Waals surface area contributed by atoms with Gasteiger partial charge in [-0.1, -0.05) is 0 Å². The van der Waals surface area contributed by atoms with Crippen LogP contribution in [0, 0.1) is 13.8 Å². The van der Waals surface area contributed by atoms with Gasteiger partial charge in [-0.05, 0) is 51.0 Å². The molecule has 0 bridgehead atoms. The van der Waals surface area contributed by atoms with Crippen molar-refractivity contribution in [2.24, 2.45) is 0 Å². The van der Waals surface area contributed by atoms with E-state index >= 15 is 0 Å². The molecule has 0 fully saturated rings. The predicted molar refractivity (Wildman–Crippen MR) is 65.7 cm³/mol. The van der Waals surface area contributed by atoms with Crippen LogP contribution in [0.4, 0.5) is 5.69 Å². The summed E-state index contributed by atoms with van der Waals surface area (Å²) in [6.45, 7) is 7.90. The third kappa shape index (κ3) is 1.44. The van der Waals surface area contributed by atoms with Crippen LogP contribution in [0.15, 0.2) is 17.0 Å². The van der Waals surface area contributed by atoms with Gasteiger partial charge < -0.3 is 5.32 Å². The largest absolute Gasteiger partial charge is 0.382 e. The van der Waals surface area contributed by atoms with Gasteiger partial charge in [0.25, 0.3) is 0 Å². The molecule has 2 rings (SSSR count). The van der Waals surface area contributed by atoms with Crippen LogP contribution >= 0.6 is 0 Å². The molecule has 1 aromatic carbocycles. The van der Waals surface area contributed by atoms with Gasteiger partial charge in [-0.3, -0.25) is 0 Å². The van der Waals surface area contributed by atoms with E-state index in [0.29, 0.717) is 11.4 Å². The quantitative estimate of drug-likeness (QED) is 0.755. The van der Waals surface area contributed by atoms with Gasteiger partial charge in [0.15, 0.2) is 9.84 Å². The fraction of sp³-hybridized carbons (Fsp3) is 0.500. The van der Waals surface area contributed by atoms with Crippen molar-refractivity contribution < 1.29 is 8.42 Å². The topological polar surface area (TPSA) is 46.2 Å². The number of rotatable bonds is 0. The highest BCUT2D eigenvalue weighted by atomic mass is 32.2. The summed E-state index contributed by atoms with van der Waals surface area (Å²) in [5.41, 5.74) is 2.87. The molecule has 1 heterocycles. The molecule has 0 atom stereocenters. The molecule has 1 aliphatic heterocycles. The zero-order chi connectivity index (χ0) is 12.1. The Kier molecular flexibility index (Phi) is 2.31. The van der Waals surface area contributed by atoms with Gasteiger partial charge in [-0.2, -0.15) is 0 Å². The number of fused-ring (bicyclic) bond motifs is 1. The molecule has 0 spiro atoms. The summed E-state index contributed by atoms with van der Waals surface area (Å²) in [4.78, 5) is 0.437. The van der Waals surface area contributed by atoms with Crippen LogP contribution in [-0.2, 0) is 9.84 Å². The molecule has 0 radical (unpaired) electrons. The average molecular weight is 239 g/mol. The Labute approximate surface area is 96.8 Å². The summed E-state index contributed by atoms with van der Waals surface area (Å²) in [6, 6.07) is 3.69. The van der Waals surface area contributed by atoms with E-state index in [1.165, 1.54) is 0 Å². The molecular formula is C12H17NO2S. The van der Waals surface area contributed by atoms with Gasteiger partial charge >= 0.3 is 0 Å². The van der Waals surface area contributed by atoms with E-state index in [0.717, 1.165) is 16.8 Å². The Bertz CT molecular complexity index is 544. The maximum Gasteiger partial charge on any atom is 0.187 e. The Morgan fingerprint density at radius 3 is 2.38 bits per heavy atom. The third-order valence-corrected chi connectivity index (χ3v) is 5.83. The Morgan fingerprint density at radius 1 is 1.19 bits per heavy atom. The van der Waals surface area contributed by atoms with Gasteiger partial charge in [0.1, 0.15) is 0 Å². The summed E-state index contributed by atoms with van der Waals surface area (Å²) in [7, 11) is -3.22. The lowest BCUT2D eigenvalue weighted by atomic mass is 10.1. The highest BCUT2D eigenvalue weighted by Crippen LogP contribution is 2.36. The molecule has 3 nitrogen and oxygen atoms in total. The van der Waals surface area contributed by atoms with Gasteiger partial charge in [0, 0.05) is 6.54 Å². The van der Waals surface area contributed by atoms with Crippen LogP contribution < -0.4 is 5.32 Å². The van der Waals surface area contributed by atoms with Crippen LogP contribution in [-0.4, -0.2) is 19.7 Å². The van der Waals surface area contributed by atoms with Gasteiger partial charge in [0.2, 0.25) is 0 Å². The van der Waals surface area contributed by atoms with Crippen molar-refractivity contribution in [3.63, 3.8) is 0 Å². The lowest BCUT2D eigenvalue weighted by molar-refractivity contribution is 0.548. The van der Waals surface area contributed by atoms with Gasteiger partial charge in [0.05, 0.1) is 15.3 Å². The maximum atomic E-state index is 12.3. The predicted octanol–water partition coefficient (Wildman–Crippen LogP) is 2.28. The number of hydrogen-bond donors (Lipinski definition) is 1. The molecular weight excluding hydrogens is 222 g/mol. The molecule has 0 aliphatic carbocycles. The summed E-state index contributed by atoms with van der Waals surface area (Å²) < 4.78 is 24.0. The normalized spacial score (nSPS) is 21.0. The van der Waals surface area contributed by atoms with Crippen LogP contribution in [0.1, 0.15) is 25.0 Å². The minimum absolute atomic E-state index is 0.437. The van der Waals surface area contributed by atoms with Crippen molar-refractivity contribution in [1.29, 1.82) is 0 Å². The highest BCUT2D eigenvalue weighted by molar-refractivity contribution is 7.93. The van der Waals surface area contributed by atoms with Crippen LogP contribution in [0.3, 0.4) is 0 Å². The first kappa shape index (κ1) is 11.5. The van der Waals surface area contributed by atoms with E-state index in [2.05, 4.69) is 5.32 Å². The first-order chi connectivity index (χ1) is 7.25. The molecule has 0 aromatic heterocycles. The van der Waals surface area contributed by atoms with Gasteiger partial charge in [-0.25, -0.2) is 8.42 Å².